The van der Waals surface area contributed by atoms with Gasteiger partial charge in [-0.25, -0.2) is 0 Å². The number of methoxy groups -OCH3 is 2. The van der Waals surface area contributed by atoms with E-state index in [0.717, 1.165) is 11.3 Å². The van der Waals surface area contributed by atoms with Crippen molar-refractivity contribution in [1.82, 2.24) is 0 Å². The molecule has 0 fully saturated rings. The molecule has 1 amide bonds. The normalized spacial score (nSPS) is 16.0. The third-order valence-electron chi connectivity index (χ3n) is 3.94. The zero-order valence-corrected chi connectivity index (χ0v) is 13.2. The van der Waals surface area contributed by atoms with E-state index in [9.17, 15) is 4.79 Å². The summed E-state index contributed by atoms with van der Waals surface area (Å²) in [5, 5.41) is 2.95. The van der Waals surface area contributed by atoms with E-state index in [2.05, 4.69) is 5.32 Å². The van der Waals surface area contributed by atoms with Crippen molar-refractivity contribution >= 4 is 11.6 Å². The zero-order chi connectivity index (χ0) is 16.2. The molecule has 1 unspecified atom stereocenters. The molecule has 2 aromatic carbocycles. The number of carbonyl (C=O) groups is 1. The quantitative estimate of drug-likeness (QED) is 0.941. The molecule has 0 bridgehead atoms. The number of ether oxygens (including phenoxy) is 3. The number of carbonyl (C=O) groups excluding carboxylic acids is 1. The van der Waals surface area contributed by atoms with Crippen LogP contribution >= 0.6 is 0 Å². The van der Waals surface area contributed by atoms with E-state index in [-0.39, 0.29) is 11.8 Å². The van der Waals surface area contributed by atoms with Gasteiger partial charge in [-0.15, -0.1) is 0 Å². The summed E-state index contributed by atoms with van der Waals surface area (Å²) in [4.78, 5) is 12.7. The van der Waals surface area contributed by atoms with Crippen molar-refractivity contribution in [1.29, 1.82) is 0 Å². The monoisotopic (exact) mass is 313 g/mol. The average Bonchev–Trinajstić information content (AvgIpc) is 2.61. The molecule has 1 aliphatic rings. The Kier molecular flexibility index (Phi) is 4.37. The van der Waals surface area contributed by atoms with Crippen LogP contribution in [0, 0.1) is 0 Å². The molecule has 23 heavy (non-hydrogen) atoms. The molecule has 1 heterocycles. The summed E-state index contributed by atoms with van der Waals surface area (Å²) >= 11 is 0. The van der Waals surface area contributed by atoms with Crippen molar-refractivity contribution in [3.8, 4) is 17.2 Å². The molecule has 0 aromatic heterocycles. The second kappa shape index (κ2) is 6.60. The van der Waals surface area contributed by atoms with Crippen LogP contribution in [0.5, 0.6) is 17.2 Å². The Morgan fingerprint density at radius 2 is 2.00 bits per heavy atom. The fourth-order valence-corrected chi connectivity index (χ4v) is 2.75. The molecular weight excluding hydrogens is 294 g/mol. The molecule has 5 heteroatoms. The summed E-state index contributed by atoms with van der Waals surface area (Å²) in [7, 11) is 3.16. The van der Waals surface area contributed by atoms with Gasteiger partial charge in [0.1, 0.15) is 17.2 Å². The Morgan fingerprint density at radius 1 is 1.17 bits per heavy atom. The predicted octanol–water partition coefficient (Wildman–Crippen LogP) is 3.21. The number of nitrogens with one attached hydrogen (secondary N) is 1. The van der Waals surface area contributed by atoms with Crippen molar-refractivity contribution in [2.75, 3.05) is 26.1 Å². The largest absolute Gasteiger partial charge is 0.497 e. The SMILES string of the molecule is COc1ccc(OC)c(NC(=O)C2CCOc3ccccc32)c1. The zero-order valence-electron chi connectivity index (χ0n) is 13.2. The summed E-state index contributed by atoms with van der Waals surface area (Å²) in [5.41, 5.74) is 1.51. The van der Waals surface area contributed by atoms with E-state index in [1.807, 2.05) is 24.3 Å². The van der Waals surface area contributed by atoms with Gasteiger partial charge in [0, 0.05) is 11.6 Å². The van der Waals surface area contributed by atoms with Crippen molar-refractivity contribution in [2.24, 2.45) is 0 Å². The fourth-order valence-electron chi connectivity index (χ4n) is 2.75. The minimum atomic E-state index is -0.240. The molecule has 0 radical (unpaired) electrons. The Morgan fingerprint density at radius 3 is 2.78 bits per heavy atom. The Balaban J connectivity index is 1.86. The highest BCUT2D eigenvalue weighted by Gasteiger charge is 2.28. The first kappa shape index (κ1) is 15.2. The van der Waals surface area contributed by atoms with Gasteiger partial charge in [-0.05, 0) is 24.6 Å². The predicted molar refractivity (Wildman–Crippen MR) is 87.5 cm³/mol. The maximum absolute atomic E-state index is 12.7. The van der Waals surface area contributed by atoms with Gasteiger partial charge in [0.25, 0.3) is 0 Å². The van der Waals surface area contributed by atoms with Crippen LogP contribution in [0.4, 0.5) is 5.69 Å². The number of fused-ring (bicyclic) bond motifs is 1. The van der Waals surface area contributed by atoms with Crippen molar-refractivity contribution in [2.45, 2.75) is 12.3 Å². The summed E-state index contributed by atoms with van der Waals surface area (Å²) in [6, 6.07) is 13.0. The molecule has 120 valence electrons. The molecule has 0 saturated carbocycles. The molecule has 3 rings (SSSR count). The topological polar surface area (TPSA) is 56.8 Å². The number of anilines is 1. The maximum atomic E-state index is 12.7. The van der Waals surface area contributed by atoms with Gasteiger partial charge in [0.2, 0.25) is 5.91 Å². The van der Waals surface area contributed by atoms with Crippen LogP contribution in [-0.4, -0.2) is 26.7 Å². The van der Waals surface area contributed by atoms with Crippen LogP contribution in [-0.2, 0) is 4.79 Å². The smallest absolute Gasteiger partial charge is 0.232 e. The Labute approximate surface area is 135 Å². The number of benzene rings is 2. The van der Waals surface area contributed by atoms with E-state index in [4.69, 9.17) is 14.2 Å². The molecule has 2 aromatic rings. The van der Waals surface area contributed by atoms with Crippen molar-refractivity contribution in [3.63, 3.8) is 0 Å². The molecular formula is C18H19NO4. The Hall–Kier alpha value is -2.69. The molecule has 1 N–H and O–H groups in total. The lowest BCUT2D eigenvalue weighted by molar-refractivity contribution is -0.118. The second-order valence-electron chi connectivity index (χ2n) is 5.28. The number of hydrogen-bond acceptors (Lipinski definition) is 4. The highest BCUT2D eigenvalue weighted by molar-refractivity contribution is 5.97. The lowest BCUT2D eigenvalue weighted by Gasteiger charge is -2.25. The van der Waals surface area contributed by atoms with Crippen LogP contribution in [0.25, 0.3) is 0 Å². The number of rotatable bonds is 4. The van der Waals surface area contributed by atoms with Gasteiger partial charge in [0.15, 0.2) is 0 Å². The minimum absolute atomic E-state index is 0.0766. The standard InChI is InChI=1S/C18H19NO4/c1-21-12-7-8-17(22-2)15(11-12)19-18(20)14-9-10-23-16-6-4-3-5-13(14)16/h3-8,11,14H,9-10H2,1-2H3,(H,19,20). The first-order chi connectivity index (χ1) is 11.2. The molecule has 0 spiro atoms. The lowest BCUT2D eigenvalue weighted by Crippen LogP contribution is -2.26. The van der Waals surface area contributed by atoms with Gasteiger partial charge in [0.05, 0.1) is 32.4 Å². The van der Waals surface area contributed by atoms with Crippen molar-refractivity contribution in [3.05, 3.63) is 48.0 Å². The third kappa shape index (κ3) is 3.08. The van der Waals surface area contributed by atoms with Crippen LogP contribution in [0.1, 0.15) is 17.9 Å². The van der Waals surface area contributed by atoms with Gasteiger partial charge in [-0.2, -0.15) is 0 Å². The number of hydrogen-bond donors (Lipinski definition) is 1. The molecule has 0 aliphatic carbocycles. The van der Waals surface area contributed by atoms with E-state index >= 15 is 0 Å². The van der Waals surface area contributed by atoms with Crippen LogP contribution in [0.2, 0.25) is 0 Å². The van der Waals surface area contributed by atoms with E-state index < -0.39 is 0 Å². The lowest BCUT2D eigenvalue weighted by atomic mass is 9.92. The molecule has 1 atom stereocenters. The number of amides is 1. The average molecular weight is 313 g/mol. The van der Waals surface area contributed by atoms with Crippen LogP contribution in [0.15, 0.2) is 42.5 Å². The summed E-state index contributed by atoms with van der Waals surface area (Å²) in [6.07, 6.45) is 0.648. The van der Waals surface area contributed by atoms with Gasteiger partial charge < -0.3 is 19.5 Å². The molecule has 1 aliphatic heterocycles. The summed E-state index contributed by atoms with van der Waals surface area (Å²) < 4.78 is 16.1. The first-order valence-corrected chi connectivity index (χ1v) is 7.47. The maximum Gasteiger partial charge on any atom is 0.232 e. The van der Waals surface area contributed by atoms with Gasteiger partial charge >= 0.3 is 0 Å². The minimum Gasteiger partial charge on any atom is -0.497 e. The molecule has 0 saturated heterocycles. The fraction of sp³-hybridized carbons (Fsp3) is 0.278. The summed E-state index contributed by atoms with van der Waals surface area (Å²) in [5.74, 6) is 1.72. The van der Waals surface area contributed by atoms with Crippen LogP contribution < -0.4 is 19.5 Å². The third-order valence-corrected chi connectivity index (χ3v) is 3.94. The highest BCUT2D eigenvalue weighted by atomic mass is 16.5. The van der Waals surface area contributed by atoms with Gasteiger partial charge in [-0.3, -0.25) is 4.79 Å². The van der Waals surface area contributed by atoms with E-state index in [1.165, 1.54) is 0 Å². The number of para-hydroxylation sites is 1. The molecule has 5 nitrogen and oxygen atoms in total. The Bertz CT molecular complexity index is 714. The summed E-state index contributed by atoms with van der Waals surface area (Å²) in [6.45, 7) is 0.532. The van der Waals surface area contributed by atoms with Crippen LogP contribution in [0.3, 0.4) is 0 Å². The highest BCUT2D eigenvalue weighted by Crippen LogP contribution is 2.35. The van der Waals surface area contributed by atoms with Crippen molar-refractivity contribution < 1.29 is 19.0 Å². The second-order valence-corrected chi connectivity index (χ2v) is 5.28. The van der Waals surface area contributed by atoms with E-state index in [1.54, 1.807) is 32.4 Å². The first-order valence-electron chi connectivity index (χ1n) is 7.47. The van der Waals surface area contributed by atoms with E-state index in [0.29, 0.717) is 30.2 Å². The van der Waals surface area contributed by atoms with Gasteiger partial charge in [-0.1, -0.05) is 18.2 Å².